The van der Waals surface area contributed by atoms with Gasteiger partial charge in [-0.15, -0.1) is 11.8 Å². The van der Waals surface area contributed by atoms with Crippen LogP contribution in [0.4, 0.5) is 0 Å². The lowest BCUT2D eigenvalue weighted by molar-refractivity contribution is 0.0631. The molecule has 1 saturated heterocycles. The Hall–Kier alpha value is -1.07. The summed E-state index contributed by atoms with van der Waals surface area (Å²) in [6, 6.07) is 3.86. The summed E-state index contributed by atoms with van der Waals surface area (Å²) >= 11 is 1.70. The molecule has 0 radical (unpaired) electrons. The molecule has 0 aromatic carbocycles. The summed E-state index contributed by atoms with van der Waals surface area (Å²) in [6.07, 6.45) is 4.51. The van der Waals surface area contributed by atoms with Crippen molar-refractivity contribution >= 4 is 17.7 Å². The second-order valence-corrected chi connectivity index (χ2v) is 7.14. The molecule has 0 unspecified atom stereocenters. The van der Waals surface area contributed by atoms with Crippen LogP contribution in [0, 0.1) is 5.92 Å². The summed E-state index contributed by atoms with van der Waals surface area (Å²) in [6.45, 7) is 7.05. The Kier molecular flexibility index (Phi) is 4.80. The van der Waals surface area contributed by atoms with Crippen molar-refractivity contribution in [1.82, 2.24) is 14.8 Å². The summed E-state index contributed by atoms with van der Waals surface area (Å²) < 4.78 is 0. The van der Waals surface area contributed by atoms with E-state index in [4.69, 9.17) is 0 Å². The van der Waals surface area contributed by atoms with E-state index in [2.05, 4.69) is 16.8 Å². The molecule has 2 heterocycles. The Bertz CT molecular complexity index is 479. The minimum absolute atomic E-state index is 0.127. The van der Waals surface area contributed by atoms with Crippen LogP contribution in [0.2, 0.25) is 0 Å². The molecule has 0 bridgehead atoms. The largest absolute Gasteiger partial charge is 0.336 e. The maximum atomic E-state index is 12.5. The lowest BCUT2D eigenvalue weighted by atomic mass is 10.2. The fraction of sp³-hybridized carbons (Fsp3) is 0.625. The molecule has 0 N–H and O–H groups in total. The van der Waals surface area contributed by atoms with Crippen LogP contribution in [0.15, 0.2) is 23.4 Å². The van der Waals surface area contributed by atoms with Gasteiger partial charge in [0.25, 0.3) is 5.91 Å². The first-order valence-corrected chi connectivity index (χ1v) is 8.85. The van der Waals surface area contributed by atoms with E-state index in [1.807, 2.05) is 17.0 Å². The number of aromatic nitrogens is 1. The van der Waals surface area contributed by atoms with Gasteiger partial charge in [-0.3, -0.25) is 9.69 Å². The normalized spacial score (nSPS) is 19.8. The first-order valence-electron chi connectivity index (χ1n) is 7.86. The third-order valence-electron chi connectivity index (χ3n) is 4.15. The topological polar surface area (TPSA) is 36.4 Å². The van der Waals surface area contributed by atoms with Gasteiger partial charge in [0.15, 0.2) is 0 Å². The molecule has 3 rings (SSSR count). The van der Waals surface area contributed by atoms with E-state index >= 15 is 0 Å². The van der Waals surface area contributed by atoms with E-state index < -0.39 is 0 Å². The molecule has 1 aromatic rings. The zero-order valence-corrected chi connectivity index (χ0v) is 13.4. The van der Waals surface area contributed by atoms with E-state index in [9.17, 15) is 4.79 Å². The van der Waals surface area contributed by atoms with Gasteiger partial charge in [-0.25, -0.2) is 4.98 Å². The van der Waals surface area contributed by atoms with Crippen molar-refractivity contribution in [3.05, 3.63) is 23.9 Å². The average molecular weight is 305 g/mol. The van der Waals surface area contributed by atoms with E-state index in [0.29, 0.717) is 5.56 Å². The molecule has 1 amide bonds. The molecule has 0 spiro atoms. The van der Waals surface area contributed by atoms with Crippen LogP contribution >= 0.6 is 11.8 Å². The molecule has 0 atom stereocenters. The third kappa shape index (κ3) is 3.98. The van der Waals surface area contributed by atoms with Crippen LogP contribution in [0.25, 0.3) is 0 Å². The van der Waals surface area contributed by atoms with Gasteiger partial charge in [-0.1, -0.05) is 6.92 Å². The zero-order valence-electron chi connectivity index (χ0n) is 12.6. The number of hydrogen-bond acceptors (Lipinski definition) is 4. The van der Waals surface area contributed by atoms with E-state index in [-0.39, 0.29) is 5.91 Å². The number of nitrogens with zero attached hydrogens (tertiary/aromatic N) is 3. The van der Waals surface area contributed by atoms with Crippen LogP contribution in [0.3, 0.4) is 0 Å². The molecule has 1 aliphatic carbocycles. The SMILES string of the molecule is CCSc1ccc(C(=O)N2CCN(CC3CC3)CC2)cn1. The second kappa shape index (κ2) is 6.79. The number of rotatable bonds is 5. The van der Waals surface area contributed by atoms with Crippen molar-refractivity contribution in [3.8, 4) is 0 Å². The number of amides is 1. The molecular formula is C16H23N3OS. The number of pyridine rings is 1. The van der Waals surface area contributed by atoms with Crippen molar-refractivity contribution in [1.29, 1.82) is 0 Å². The number of thioether (sulfide) groups is 1. The molecule has 2 fully saturated rings. The molecular weight excluding hydrogens is 282 g/mol. The summed E-state index contributed by atoms with van der Waals surface area (Å²) in [5.74, 6) is 2.06. The van der Waals surface area contributed by atoms with E-state index in [1.54, 1.807) is 18.0 Å². The molecule has 114 valence electrons. The molecule has 2 aliphatic rings. The van der Waals surface area contributed by atoms with Gasteiger partial charge in [0, 0.05) is 38.9 Å². The monoisotopic (exact) mass is 305 g/mol. The Balaban J connectivity index is 1.52. The minimum atomic E-state index is 0.127. The highest BCUT2D eigenvalue weighted by Gasteiger charge is 2.27. The van der Waals surface area contributed by atoms with Crippen LogP contribution < -0.4 is 0 Å². The Morgan fingerprint density at radius 3 is 2.62 bits per heavy atom. The zero-order chi connectivity index (χ0) is 14.7. The first kappa shape index (κ1) is 14.9. The van der Waals surface area contributed by atoms with Crippen LogP contribution in [-0.2, 0) is 0 Å². The summed E-state index contributed by atoms with van der Waals surface area (Å²) in [7, 11) is 0. The van der Waals surface area contributed by atoms with Crippen molar-refractivity contribution in [2.45, 2.75) is 24.8 Å². The van der Waals surface area contributed by atoms with Gasteiger partial charge in [0.05, 0.1) is 10.6 Å². The Labute approximate surface area is 130 Å². The summed E-state index contributed by atoms with van der Waals surface area (Å²) in [4.78, 5) is 21.3. The van der Waals surface area contributed by atoms with Gasteiger partial charge in [-0.2, -0.15) is 0 Å². The predicted molar refractivity (Wildman–Crippen MR) is 85.7 cm³/mol. The maximum Gasteiger partial charge on any atom is 0.255 e. The lowest BCUT2D eigenvalue weighted by Gasteiger charge is -2.34. The maximum absolute atomic E-state index is 12.5. The fourth-order valence-electron chi connectivity index (χ4n) is 2.72. The molecule has 5 heteroatoms. The predicted octanol–water partition coefficient (Wildman–Crippen LogP) is 2.36. The lowest BCUT2D eigenvalue weighted by Crippen LogP contribution is -2.49. The molecule has 1 aliphatic heterocycles. The van der Waals surface area contributed by atoms with E-state index in [1.165, 1.54) is 19.4 Å². The van der Waals surface area contributed by atoms with Crippen molar-refractivity contribution in [2.75, 3.05) is 38.5 Å². The highest BCUT2D eigenvalue weighted by atomic mass is 32.2. The van der Waals surface area contributed by atoms with Crippen LogP contribution in [0.1, 0.15) is 30.1 Å². The first-order chi connectivity index (χ1) is 10.3. The van der Waals surface area contributed by atoms with Crippen molar-refractivity contribution < 1.29 is 4.79 Å². The second-order valence-electron chi connectivity index (χ2n) is 5.85. The Morgan fingerprint density at radius 1 is 1.29 bits per heavy atom. The van der Waals surface area contributed by atoms with Crippen molar-refractivity contribution in [2.24, 2.45) is 5.92 Å². The van der Waals surface area contributed by atoms with Crippen LogP contribution in [-0.4, -0.2) is 59.2 Å². The molecule has 1 saturated carbocycles. The highest BCUT2D eigenvalue weighted by molar-refractivity contribution is 7.99. The number of piperazine rings is 1. The quantitative estimate of drug-likeness (QED) is 0.783. The van der Waals surface area contributed by atoms with Gasteiger partial charge in [0.2, 0.25) is 0 Å². The molecule has 4 nitrogen and oxygen atoms in total. The summed E-state index contributed by atoms with van der Waals surface area (Å²) in [5.41, 5.74) is 0.714. The third-order valence-corrected chi connectivity index (χ3v) is 4.97. The smallest absolute Gasteiger partial charge is 0.255 e. The van der Waals surface area contributed by atoms with Gasteiger partial charge >= 0.3 is 0 Å². The van der Waals surface area contributed by atoms with Gasteiger partial charge in [-0.05, 0) is 36.6 Å². The van der Waals surface area contributed by atoms with Crippen LogP contribution in [0.5, 0.6) is 0 Å². The fourth-order valence-corrected chi connectivity index (χ4v) is 3.31. The molecule has 1 aromatic heterocycles. The standard InChI is InChI=1S/C16H23N3OS/c1-2-21-15-6-5-14(11-17-15)16(20)19-9-7-18(8-10-19)12-13-3-4-13/h5-6,11,13H,2-4,7-10,12H2,1H3. The van der Waals surface area contributed by atoms with Gasteiger partial charge in [0.1, 0.15) is 0 Å². The molecule has 21 heavy (non-hydrogen) atoms. The number of hydrogen-bond donors (Lipinski definition) is 0. The Morgan fingerprint density at radius 2 is 2.05 bits per heavy atom. The minimum Gasteiger partial charge on any atom is -0.336 e. The number of carbonyl (C=O) groups is 1. The van der Waals surface area contributed by atoms with Gasteiger partial charge < -0.3 is 4.90 Å². The number of carbonyl (C=O) groups excluding carboxylic acids is 1. The summed E-state index contributed by atoms with van der Waals surface area (Å²) in [5, 5.41) is 0.989. The highest BCUT2D eigenvalue weighted by Crippen LogP contribution is 2.30. The average Bonchev–Trinajstić information content (AvgIpc) is 3.32. The van der Waals surface area contributed by atoms with Crippen molar-refractivity contribution in [3.63, 3.8) is 0 Å². The van der Waals surface area contributed by atoms with E-state index in [0.717, 1.165) is 42.9 Å².